The molecular weight excluding hydrogens is 363 g/mol. The molecule has 3 heteroatoms. The van der Waals surface area contributed by atoms with Crippen LogP contribution in [-0.4, -0.2) is 5.78 Å². The first-order valence-corrected chi connectivity index (χ1v) is 9.01. The molecular formula is C23H14Cl2O. The van der Waals surface area contributed by atoms with Crippen molar-refractivity contribution < 1.29 is 4.79 Å². The normalized spacial score (nSPS) is 14.3. The van der Waals surface area contributed by atoms with Gasteiger partial charge in [0.15, 0.2) is 5.78 Å². The van der Waals surface area contributed by atoms with Gasteiger partial charge in [-0.2, -0.15) is 0 Å². The van der Waals surface area contributed by atoms with Crippen molar-refractivity contribution in [3.05, 3.63) is 105 Å². The predicted octanol–water partition coefficient (Wildman–Crippen LogP) is 6.09. The molecule has 0 unspecified atom stereocenters. The number of fused-ring (bicyclic) bond motifs is 2. The number of terminal acetylenes is 1. The van der Waals surface area contributed by atoms with Gasteiger partial charge in [0.2, 0.25) is 0 Å². The molecule has 3 aromatic carbocycles. The number of hydrogen-bond donors (Lipinski definition) is 0. The van der Waals surface area contributed by atoms with Crippen LogP contribution in [0.15, 0.2) is 66.7 Å². The van der Waals surface area contributed by atoms with Gasteiger partial charge in [-0.05, 0) is 28.8 Å². The van der Waals surface area contributed by atoms with E-state index in [-0.39, 0.29) is 17.6 Å². The summed E-state index contributed by atoms with van der Waals surface area (Å²) in [7, 11) is 0. The van der Waals surface area contributed by atoms with Crippen LogP contribution < -0.4 is 0 Å². The minimum atomic E-state index is -0.237. The third-order valence-corrected chi connectivity index (χ3v) is 5.52. The molecule has 0 spiro atoms. The van der Waals surface area contributed by atoms with Crippen LogP contribution in [0.2, 0.25) is 10.0 Å². The molecule has 0 heterocycles. The van der Waals surface area contributed by atoms with E-state index in [4.69, 9.17) is 29.6 Å². The van der Waals surface area contributed by atoms with Crippen LogP contribution in [0, 0.1) is 12.3 Å². The van der Waals surface area contributed by atoms with E-state index in [2.05, 4.69) is 5.92 Å². The average molecular weight is 377 g/mol. The summed E-state index contributed by atoms with van der Waals surface area (Å²) in [6.45, 7) is 0. The topological polar surface area (TPSA) is 17.1 Å². The van der Waals surface area contributed by atoms with Crippen molar-refractivity contribution in [2.24, 2.45) is 0 Å². The summed E-state index contributed by atoms with van der Waals surface area (Å²) in [5.74, 6) is 2.35. The van der Waals surface area contributed by atoms with Crippen molar-refractivity contribution in [3.63, 3.8) is 0 Å². The van der Waals surface area contributed by atoms with E-state index in [0.717, 1.165) is 16.7 Å². The van der Waals surface area contributed by atoms with E-state index in [1.807, 2.05) is 54.6 Å². The lowest BCUT2D eigenvalue weighted by Crippen LogP contribution is -2.24. The molecule has 1 nitrogen and oxygen atoms in total. The summed E-state index contributed by atoms with van der Waals surface area (Å²) in [6, 6.07) is 20.9. The lowest BCUT2D eigenvalue weighted by Gasteiger charge is -2.32. The molecule has 0 N–H and O–H groups in total. The number of hydrogen-bond acceptors (Lipinski definition) is 1. The molecule has 0 saturated heterocycles. The highest BCUT2D eigenvalue weighted by molar-refractivity contribution is 6.39. The van der Waals surface area contributed by atoms with Gasteiger partial charge in [0.05, 0.1) is 16.0 Å². The van der Waals surface area contributed by atoms with E-state index < -0.39 is 0 Å². The molecule has 0 aromatic heterocycles. The van der Waals surface area contributed by atoms with Crippen LogP contribution >= 0.6 is 23.2 Å². The third kappa shape index (κ3) is 2.54. The highest BCUT2D eigenvalue weighted by atomic mass is 35.5. The van der Waals surface area contributed by atoms with Gasteiger partial charge in [0.1, 0.15) is 0 Å². The molecule has 4 rings (SSSR count). The van der Waals surface area contributed by atoms with Crippen LogP contribution in [0.4, 0.5) is 0 Å². The van der Waals surface area contributed by atoms with Gasteiger partial charge in [-0.1, -0.05) is 83.7 Å². The molecule has 1 atom stereocenters. The smallest absolute Gasteiger partial charge is 0.196 e. The van der Waals surface area contributed by atoms with Crippen LogP contribution in [0.1, 0.15) is 44.4 Å². The maximum atomic E-state index is 13.1. The maximum absolute atomic E-state index is 13.1. The number of carbonyl (C=O) groups excluding carboxylic acids is 1. The lowest BCUT2D eigenvalue weighted by atomic mass is 9.70. The monoisotopic (exact) mass is 376 g/mol. The van der Waals surface area contributed by atoms with E-state index in [0.29, 0.717) is 21.2 Å². The van der Waals surface area contributed by atoms with Crippen LogP contribution in [0.25, 0.3) is 0 Å². The minimum absolute atomic E-state index is 0.147. The first kappa shape index (κ1) is 16.9. The number of ketones is 1. The molecule has 0 aliphatic heterocycles. The fourth-order valence-electron chi connectivity index (χ4n) is 3.78. The maximum Gasteiger partial charge on any atom is 0.196 e. The summed E-state index contributed by atoms with van der Waals surface area (Å²) < 4.78 is 0. The molecule has 126 valence electrons. The van der Waals surface area contributed by atoms with Gasteiger partial charge in [0.25, 0.3) is 0 Å². The van der Waals surface area contributed by atoms with Crippen molar-refractivity contribution in [1.29, 1.82) is 0 Å². The van der Waals surface area contributed by atoms with Crippen LogP contribution in [0.3, 0.4) is 0 Å². The second-order valence-electron chi connectivity index (χ2n) is 6.27. The fraction of sp³-hybridized carbons (Fsp3) is 0.0870. The Labute approximate surface area is 162 Å². The first-order valence-electron chi connectivity index (χ1n) is 8.26. The van der Waals surface area contributed by atoms with E-state index in [1.165, 1.54) is 0 Å². The van der Waals surface area contributed by atoms with Gasteiger partial charge < -0.3 is 0 Å². The van der Waals surface area contributed by atoms with Crippen molar-refractivity contribution in [1.82, 2.24) is 0 Å². The van der Waals surface area contributed by atoms with Crippen molar-refractivity contribution in [2.75, 3.05) is 0 Å². The summed E-state index contributed by atoms with van der Waals surface area (Å²) >= 11 is 12.8. The van der Waals surface area contributed by atoms with Gasteiger partial charge in [-0.15, -0.1) is 6.42 Å². The Kier molecular flexibility index (Phi) is 4.32. The van der Waals surface area contributed by atoms with Crippen molar-refractivity contribution >= 4 is 29.0 Å². The summed E-state index contributed by atoms with van der Waals surface area (Å²) in [6.07, 6.45) is 5.96. The molecule has 1 aliphatic carbocycles. The second kappa shape index (κ2) is 6.65. The van der Waals surface area contributed by atoms with Crippen LogP contribution in [0.5, 0.6) is 0 Å². The Morgan fingerprint density at radius 3 is 1.85 bits per heavy atom. The quantitative estimate of drug-likeness (QED) is 0.494. The SMILES string of the molecule is C#C[C@@H](c1ccccc1)C1c2cccc(Cl)c2C(=O)c2c(Cl)cccc21. The second-order valence-corrected chi connectivity index (χ2v) is 7.08. The van der Waals surface area contributed by atoms with Gasteiger partial charge in [-0.25, -0.2) is 0 Å². The number of halogens is 2. The Balaban J connectivity index is 2.03. The fourth-order valence-corrected chi connectivity index (χ4v) is 4.31. The minimum Gasteiger partial charge on any atom is -0.288 e. The zero-order valence-corrected chi connectivity index (χ0v) is 15.3. The molecule has 0 fully saturated rings. The zero-order valence-electron chi connectivity index (χ0n) is 13.7. The van der Waals surface area contributed by atoms with Crippen molar-refractivity contribution in [2.45, 2.75) is 11.8 Å². The van der Waals surface area contributed by atoms with Crippen molar-refractivity contribution in [3.8, 4) is 12.3 Å². The summed E-state index contributed by atoms with van der Waals surface area (Å²) in [5.41, 5.74) is 3.71. The van der Waals surface area contributed by atoms with Gasteiger partial charge in [0, 0.05) is 17.0 Å². The highest BCUT2D eigenvalue weighted by Gasteiger charge is 2.38. The summed E-state index contributed by atoms with van der Waals surface area (Å²) in [4.78, 5) is 13.1. The predicted molar refractivity (Wildman–Crippen MR) is 106 cm³/mol. The molecule has 1 aliphatic rings. The average Bonchev–Trinajstić information content (AvgIpc) is 2.65. The Hall–Kier alpha value is -2.53. The molecule has 0 saturated carbocycles. The highest BCUT2D eigenvalue weighted by Crippen LogP contribution is 2.47. The number of carbonyl (C=O) groups is 1. The number of benzene rings is 3. The molecule has 0 amide bonds. The lowest BCUT2D eigenvalue weighted by molar-refractivity contribution is 0.103. The standard InChI is InChI=1S/C23H14Cl2O/c1-2-15(14-8-4-3-5-9-14)20-16-10-6-12-18(24)21(16)23(26)22-17(20)11-7-13-19(22)25/h1,3-13,15,20H/t15-/m0/s1. The largest absolute Gasteiger partial charge is 0.288 e. The Bertz CT molecular complexity index is 992. The van der Waals surface area contributed by atoms with Gasteiger partial charge in [-0.3, -0.25) is 4.79 Å². The Morgan fingerprint density at radius 1 is 0.808 bits per heavy atom. The molecule has 0 radical (unpaired) electrons. The van der Waals surface area contributed by atoms with E-state index >= 15 is 0 Å². The van der Waals surface area contributed by atoms with Crippen LogP contribution in [-0.2, 0) is 0 Å². The van der Waals surface area contributed by atoms with E-state index in [1.54, 1.807) is 12.1 Å². The third-order valence-electron chi connectivity index (χ3n) is 4.89. The molecule has 0 bridgehead atoms. The Morgan fingerprint density at radius 2 is 1.35 bits per heavy atom. The molecule has 26 heavy (non-hydrogen) atoms. The van der Waals surface area contributed by atoms with E-state index in [9.17, 15) is 4.79 Å². The number of rotatable bonds is 2. The first-order chi connectivity index (χ1) is 12.6. The summed E-state index contributed by atoms with van der Waals surface area (Å²) in [5, 5.41) is 0.846. The van der Waals surface area contributed by atoms with Gasteiger partial charge >= 0.3 is 0 Å². The molecule has 3 aromatic rings. The zero-order chi connectivity index (χ0) is 18.3.